The van der Waals surface area contributed by atoms with Gasteiger partial charge in [-0.15, -0.1) is 0 Å². The van der Waals surface area contributed by atoms with Crippen LogP contribution in [-0.2, 0) is 6.18 Å². The van der Waals surface area contributed by atoms with Crippen molar-refractivity contribution in [3.63, 3.8) is 0 Å². The maximum absolute atomic E-state index is 12.7. The van der Waals surface area contributed by atoms with Crippen molar-refractivity contribution in [1.82, 2.24) is 10.3 Å². The smallest absolute Gasteiger partial charge is 0.351 e. The molecule has 0 saturated heterocycles. The van der Waals surface area contributed by atoms with Gasteiger partial charge in [0.1, 0.15) is 5.69 Å². The number of hydrogen-bond acceptors (Lipinski definition) is 2. The standard InChI is InChI=1S/C19H19F3N2O/c20-19(21,22)17-9-8-15(11-23-17)16(10-13-6-7-13)12-24-18(25)14-4-2-1-3-5-14/h1-5,8-9,11,13,16H,6-7,10,12H2,(H,24,25). The monoisotopic (exact) mass is 348 g/mol. The summed E-state index contributed by atoms with van der Waals surface area (Å²) in [5, 5.41) is 2.89. The highest BCUT2D eigenvalue weighted by Crippen LogP contribution is 2.38. The first-order valence-electron chi connectivity index (χ1n) is 8.30. The molecular weight excluding hydrogens is 329 g/mol. The van der Waals surface area contributed by atoms with Gasteiger partial charge in [-0.05, 0) is 36.1 Å². The van der Waals surface area contributed by atoms with E-state index in [9.17, 15) is 18.0 Å². The van der Waals surface area contributed by atoms with Gasteiger partial charge in [0, 0.05) is 24.2 Å². The summed E-state index contributed by atoms with van der Waals surface area (Å²) >= 11 is 0. The molecule has 1 saturated carbocycles. The Balaban J connectivity index is 1.68. The van der Waals surface area contributed by atoms with Crippen LogP contribution in [0.3, 0.4) is 0 Å². The first kappa shape index (κ1) is 17.5. The lowest BCUT2D eigenvalue weighted by Gasteiger charge is -2.18. The molecule has 6 heteroatoms. The van der Waals surface area contributed by atoms with Crippen molar-refractivity contribution in [2.45, 2.75) is 31.4 Å². The Morgan fingerprint density at radius 3 is 2.44 bits per heavy atom. The number of rotatable bonds is 6. The van der Waals surface area contributed by atoms with E-state index < -0.39 is 11.9 Å². The predicted molar refractivity (Wildman–Crippen MR) is 88.1 cm³/mol. The predicted octanol–water partition coefficient (Wildman–Crippen LogP) is 4.41. The SMILES string of the molecule is O=C(NCC(CC1CC1)c1ccc(C(F)(F)F)nc1)c1ccccc1. The third-order valence-corrected chi connectivity index (χ3v) is 4.41. The molecule has 1 N–H and O–H groups in total. The van der Waals surface area contributed by atoms with Gasteiger partial charge in [0.2, 0.25) is 0 Å². The zero-order chi connectivity index (χ0) is 17.9. The van der Waals surface area contributed by atoms with Crippen LogP contribution in [0.1, 0.15) is 46.8 Å². The van der Waals surface area contributed by atoms with Gasteiger partial charge in [-0.25, -0.2) is 0 Å². The lowest BCUT2D eigenvalue weighted by Crippen LogP contribution is -2.28. The van der Waals surface area contributed by atoms with Crippen LogP contribution in [0, 0.1) is 5.92 Å². The maximum atomic E-state index is 12.7. The van der Waals surface area contributed by atoms with Crippen molar-refractivity contribution in [2.75, 3.05) is 6.54 Å². The average molecular weight is 348 g/mol. The van der Waals surface area contributed by atoms with E-state index in [-0.39, 0.29) is 11.8 Å². The summed E-state index contributed by atoms with van der Waals surface area (Å²) in [6, 6.07) is 11.3. The second-order valence-corrected chi connectivity index (χ2v) is 6.43. The van der Waals surface area contributed by atoms with Crippen LogP contribution >= 0.6 is 0 Å². The molecule has 0 radical (unpaired) electrons. The van der Waals surface area contributed by atoms with Gasteiger partial charge in [0.15, 0.2) is 0 Å². The zero-order valence-corrected chi connectivity index (χ0v) is 13.6. The molecule has 1 aliphatic carbocycles. The Morgan fingerprint density at radius 2 is 1.88 bits per heavy atom. The van der Waals surface area contributed by atoms with Crippen LogP contribution in [0.15, 0.2) is 48.7 Å². The first-order chi connectivity index (χ1) is 11.9. The van der Waals surface area contributed by atoms with Crippen LogP contribution in [0.2, 0.25) is 0 Å². The van der Waals surface area contributed by atoms with Crippen molar-refractivity contribution >= 4 is 5.91 Å². The van der Waals surface area contributed by atoms with E-state index in [0.29, 0.717) is 18.0 Å². The molecule has 1 fully saturated rings. The number of pyridine rings is 1. The average Bonchev–Trinajstić information content (AvgIpc) is 3.42. The summed E-state index contributed by atoms with van der Waals surface area (Å²) in [5.74, 6) is 0.372. The summed E-state index contributed by atoms with van der Waals surface area (Å²) in [4.78, 5) is 15.7. The highest BCUT2D eigenvalue weighted by molar-refractivity contribution is 5.94. The summed E-state index contributed by atoms with van der Waals surface area (Å²) in [7, 11) is 0. The van der Waals surface area contributed by atoms with E-state index in [1.165, 1.54) is 12.3 Å². The molecule has 132 valence electrons. The van der Waals surface area contributed by atoms with Gasteiger partial charge in [-0.1, -0.05) is 37.1 Å². The van der Waals surface area contributed by atoms with Crippen molar-refractivity contribution in [3.05, 3.63) is 65.5 Å². The highest BCUT2D eigenvalue weighted by Gasteiger charge is 2.33. The second-order valence-electron chi connectivity index (χ2n) is 6.43. The number of benzene rings is 1. The van der Waals surface area contributed by atoms with E-state index >= 15 is 0 Å². The van der Waals surface area contributed by atoms with Gasteiger partial charge in [0.05, 0.1) is 0 Å². The molecule has 0 bridgehead atoms. The maximum Gasteiger partial charge on any atom is 0.433 e. The number of halogens is 3. The minimum absolute atomic E-state index is 0.0325. The van der Waals surface area contributed by atoms with Crippen molar-refractivity contribution in [3.8, 4) is 0 Å². The number of aromatic nitrogens is 1. The summed E-state index contributed by atoms with van der Waals surface area (Å²) in [5.41, 5.74) is 0.404. The minimum Gasteiger partial charge on any atom is -0.351 e. The number of carbonyl (C=O) groups excluding carboxylic acids is 1. The van der Waals surface area contributed by atoms with Crippen LogP contribution in [0.25, 0.3) is 0 Å². The lowest BCUT2D eigenvalue weighted by atomic mass is 9.94. The summed E-state index contributed by atoms with van der Waals surface area (Å²) in [6.07, 6.45) is -0.0346. The minimum atomic E-state index is -4.44. The van der Waals surface area contributed by atoms with Crippen LogP contribution < -0.4 is 5.32 Å². The fraction of sp³-hybridized carbons (Fsp3) is 0.368. The first-order valence-corrected chi connectivity index (χ1v) is 8.30. The summed E-state index contributed by atoms with van der Waals surface area (Å²) < 4.78 is 38.0. The second kappa shape index (κ2) is 7.25. The molecular formula is C19H19F3N2O. The van der Waals surface area contributed by atoms with Gasteiger partial charge in [0.25, 0.3) is 5.91 Å². The highest BCUT2D eigenvalue weighted by atomic mass is 19.4. The largest absolute Gasteiger partial charge is 0.433 e. The molecule has 1 aliphatic rings. The number of carbonyl (C=O) groups is 1. The molecule has 2 aromatic rings. The number of hydrogen-bond donors (Lipinski definition) is 1. The van der Waals surface area contributed by atoms with E-state index in [1.54, 1.807) is 24.3 Å². The number of alkyl halides is 3. The van der Waals surface area contributed by atoms with Gasteiger partial charge in [-0.3, -0.25) is 9.78 Å². The van der Waals surface area contributed by atoms with E-state index in [2.05, 4.69) is 10.3 Å². The molecule has 0 aliphatic heterocycles. The number of nitrogens with zero attached hydrogens (tertiary/aromatic N) is 1. The third-order valence-electron chi connectivity index (χ3n) is 4.41. The quantitative estimate of drug-likeness (QED) is 0.840. The normalized spacial score (nSPS) is 15.6. The molecule has 1 amide bonds. The van der Waals surface area contributed by atoms with E-state index in [0.717, 1.165) is 30.9 Å². The van der Waals surface area contributed by atoms with E-state index in [4.69, 9.17) is 0 Å². The molecule has 1 aromatic carbocycles. The van der Waals surface area contributed by atoms with E-state index in [1.807, 2.05) is 6.07 Å². The van der Waals surface area contributed by atoms with Crippen LogP contribution in [-0.4, -0.2) is 17.4 Å². The molecule has 1 unspecified atom stereocenters. The fourth-order valence-corrected chi connectivity index (χ4v) is 2.82. The molecule has 3 nitrogen and oxygen atoms in total. The van der Waals surface area contributed by atoms with Gasteiger partial charge in [-0.2, -0.15) is 13.2 Å². The Labute approximate surface area is 144 Å². The third kappa shape index (κ3) is 4.81. The molecule has 25 heavy (non-hydrogen) atoms. The zero-order valence-electron chi connectivity index (χ0n) is 13.6. The molecule has 3 rings (SSSR count). The van der Waals surface area contributed by atoms with Crippen LogP contribution in [0.5, 0.6) is 0 Å². The molecule has 1 atom stereocenters. The number of amides is 1. The van der Waals surface area contributed by atoms with Crippen molar-refractivity contribution in [1.29, 1.82) is 0 Å². The van der Waals surface area contributed by atoms with Gasteiger partial charge >= 0.3 is 6.18 Å². The Bertz CT molecular complexity index is 710. The Kier molecular flexibility index (Phi) is 5.06. The summed E-state index contributed by atoms with van der Waals surface area (Å²) in [6.45, 7) is 0.386. The Hall–Kier alpha value is -2.37. The Morgan fingerprint density at radius 1 is 1.16 bits per heavy atom. The molecule has 1 aromatic heterocycles. The lowest BCUT2D eigenvalue weighted by molar-refractivity contribution is -0.141. The van der Waals surface area contributed by atoms with Crippen LogP contribution in [0.4, 0.5) is 13.2 Å². The van der Waals surface area contributed by atoms with Crippen molar-refractivity contribution < 1.29 is 18.0 Å². The van der Waals surface area contributed by atoms with Crippen molar-refractivity contribution in [2.24, 2.45) is 5.92 Å². The molecule has 1 heterocycles. The van der Waals surface area contributed by atoms with Gasteiger partial charge < -0.3 is 5.32 Å². The molecule has 0 spiro atoms. The topological polar surface area (TPSA) is 42.0 Å². The number of nitrogens with one attached hydrogen (secondary N) is 1. The fourth-order valence-electron chi connectivity index (χ4n) is 2.82.